The lowest BCUT2D eigenvalue weighted by molar-refractivity contribution is -0.304. The summed E-state index contributed by atoms with van der Waals surface area (Å²) in [6, 6.07) is 0. The minimum Gasteiger partial charge on any atom is -0.481 e. The van der Waals surface area contributed by atoms with Crippen molar-refractivity contribution in [2.75, 3.05) is 0 Å². The molecule has 152 valence electrons. The van der Waals surface area contributed by atoms with Gasteiger partial charge in [-0.3, -0.25) is 9.59 Å². The Labute approximate surface area is 152 Å². The summed E-state index contributed by atoms with van der Waals surface area (Å²) in [7, 11) is 0. The van der Waals surface area contributed by atoms with E-state index in [4.69, 9.17) is 19.3 Å². The van der Waals surface area contributed by atoms with Gasteiger partial charge in [-0.1, -0.05) is 20.3 Å². The second-order valence-corrected chi connectivity index (χ2v) is 6.55. The lowest BCUT2D eigenvalue weighted by Gasteiger charge is -2.40. The van der Waals surface area contributed by atoms with E-state index in [-0.39, 0.29) is 12.8 Å². The molecule has 9 heteroatoms. The summed E-state index contributed by atoms with van der Waals surface area (Å²) in [4.78, 5) is 22.9. The Morgan fingerprint density at radius 3 is 2.23 bits per heavy atom. The summed E-state index contributed by atoms with van der Waals surface area (Å²) in [6.07, 6.45) is -6.25. The highest BCUT2D eigenvalue weighted by Crippen LogP contribution is 2.24. The minimum atomic E-state index is -1.45. The van der Waals surface area contributed by atoms with Crippen molar-refractivity contribution in [3.63, 3.8) is 0 Å². The van der Waals surface area contributed by atoms with Gasteiger partial charge in [-0.15, -0.1) is 0 Å². The largest absolute Gasteiger partial charge is 0.481 e. The lowest BCUT2D eigenvalue weighted by atomic mass is 10.00. The molecule has 0 bridgehead atoms. The number of hydrogen-bond donors (Lipinski definition) is 4. The lowest BCUT2D eigenvalue weighted by Crippen LogP contribution is -2.58. The van der Waals surface area contributed by atoms with Gasteiger partial charge >= 0.3 is 11.9 Å². The van der Waals surface area contributed by atoms with Crippen LogP contribution in [0.1, 0.15) is 52.9 Å². The first-order valence-corrected chi connectivity index (χ1v) is 8.95. The van der Waals surface area contributed by atoms with E-state index in [1.165, 1.54) is 6.92 Å². The Morgan fingerprint density at radius 2 is 1.69 bits per heavy atom. The fraction of sp³-hybridized carbons (Fsp3) is 0.882. The number of carbonyl (C=O) groups excluding carboxylic acids is 1. The van der Waals surface area contributed by atoms with Crippen LogP contribution < -0.4 is 0 Å². The van der Waals surface area contributed by atoms with Gasteiger partial charge in [0.2, 0.25) is 0 Å². The van der Waals surface area contributed by atoms with Crippen LogP contribution in [0.25, 0.3) is 0 Å². The van der Waals surface area contributed by atoms with Crippen LogP contribution in [-0.2, 0) is 23.8 Å². The molecule has 4 N–H and O–H groups in total. The van der Waals surface area contributed by atoms with Crippen LogP contribution in [0.5, 0.6) is 0 Å². The summed E-state index contributed by atoms with van der Waals surface area (Å²) in [5.74, 6) is -1.64. The molecule has 9 nitrogen and oxygen atoms in total. The SMILES string of the molecule is CCC[C@H](CC(=O)O)OC(=O)C[C@H](CC)O[C@@H]1OC(C)[C@H](O)[C@H](O)C1O. The highest BCUT2D eigenvalue weighted by atomic mass is 16.7. The Kier molecular flexibility index (Phi) is 9.45. The number of aliphatic hydroxyl groups excluding tert-OH is 3. The van der Waals surface area contributed by atoms with Crippen molar-refractivity contribution < 1.29 is 44.2 Å². The van der Waals surface area contributed by atoms with Gasteiger partial charge < -0.3 is 34.6 Å². The number of esters is 1. The zero-order chi connectivity index (χ0) is 19.9. The van der Waals surface area contributed by atoms with E-state index in [0.29, 0.717) is 19.3 Å². The molecule has 1 aliphatic rings. The Bertz CT molecular complexity index is 456. The fourth-order valence-electron chi connectivity index (χ4n) is 2.74. The number of ether oxygens (including phenoxy) is 3. The topological polar surface area (TPSA) is 143 Å². The molecule has 0 aromatic heterocycles. The van der Waals surface area contributed by atoms with E-state index in [2.05, 4.69) is 0 Å². The van der Waals surface area contributed by atoms with Crippen LogP contribution in [0.15, 0.2) is 0 Å². The second-order valence-electron chi connectivity index (χ2n) is 6.55. The van der Waals surface area contributed by atoms with Crippen molar-refractivity contribution in [3.8, 4) is 0 Å². The molecule has 26 heavy (non-hydrogen) atoms. The zero-order valence-electron chi connectivity index (χ0n) is 15.4. The van der Waals surface area contributed by atoms with Crippen molar-refractivity contribution in [2.45, 2.75) is 95.8 Å². The Morgan fingerprint density at radius 1 is 1.04 bits per heavy atom. The van der Waals surface area contributed by atoms with Crippen LogP contribution in [0.2, 0.25) is 0 Å². The number of aliphatic carboxylic acids is 1. The van der Waals surface area contributed by atoms with Crippen LogP contribution in [-0.4, -0.2) is 75.3 Å². The summed E-state index contributed by atoms with van der Waals surface area (Å²) in [6.45, 7) is 5.17. The first-order valence-electron chi connectivity index (χ1n) is 8.95. The Hall–Kier alpha value is -1.26. The smallest absolute Gasteiger partial charge is 0.308 e. The van der Waals surface area contributed by atoms with Crippen molar-refractivity contribution in [2.24, 2.45) is 0 Å². The molecule has 0 amide bonds. The van der Waals surface area contributed by atoms with E-state index < -0.39 is 54.9 Å². The zero-order valence-corrected chi connectivity index (χ0v) is 15.4. The maximum atomic E-state index is 12.1. The van der Waals surface area contributed by atoms with Gasteiger partial charge in [0.1, 0.15) is 24.4 Å². The number of hydrogen-bond acceptors (Lipinski definition) is 8. The third kappa shape index (κ3) is 6.81. The predicted molar refractivity (Wildman–Crippen MR) is 89.2 cm³/mol. The summed E-state index contributed by atoms with van der Waals surface area (Å²) < 4.78 is 16.1. The maximum absolute atomic E-state index is 12.1. The van der Waals surface area contributed by atoms with Gasteiger partial charge in [-0.2, -0.15) is 0 Å². The molecule has 1 heterocycles. The van der Waals surface area contributed by atoms with E-state index in [1.807, 2.05) is 6.92 Å². The molecule has 7 atom stereocenters. The first-order chi connectivity index (χ1) is 12.2. The van der Waals surface area contributed by atoms with Crippen LogP contribution in [0, 0.1) is 0 Å². The molecule has 0 radical (unpaired) electrons. The van der Waals surface area contributed by atoms with Crippen molar-refractivity contribution in [1.29, 1.82) is 0 Å². The normalized spacial score (nSPS) is 31.2. The highest BCUT2D eigenvalue weighted by Gasteiger charge is 2.43. The van der Waals surface area contributed by atoms with Crippen molar-refractivity contribution >= 4 is 11.9 Å². The second kappa shape index (κ2) is 10.8. The van der Waals surface area contributed by atoms with E-state index >= 15 is 0 Å². The van der Waals surface area contributed by atoms with Crippen molar-refractivity contribution in [3.05, 3.63) is 0 Å². The van der Waals surface area contributed by atoms with Gasteiger partial charge in [0, 0.05) is 0 Å². The van der Waals surface area contributed by atoms with Gasteiger partial charge in [-0.05, 0) is 19.8 Å². The van der Waals surface area contributed by atoms with Crippen molar-refractivity contribution in [1.82, 2.24) is 0 Å². The maximum Gasteiger partial charge on any atom is 0.308 e. The molecular weight excluding hydrogens is 348 g/mol. The third-order valence-corrected chi connectivity index (χ3v) is 4.30. The van der Waals surface area contributed by atoms with Gasteiger partial charge in [0.15, 0.2) is 6.29 Å². The number of carboxylic acids is 1. The fourth-order valence-corrected chi connectivity index (χ4v) is 2.74. The summed E-state index contributed by atoms with van der Waals surface area (Å²) in [5.41, 5.74) is 0. The summed E-state index contributed by atoms with van der Waals surface area (Å²) >= 11 is 0. The molecule has 0 aromatic rings. The molecule has 0 aliphatic carbocycles. The summed E-state index contributed by atoms with van der Waals surface area (Å²) in [5, 5.41) is 38.3. The first kappa shape index (κ1) is 22.8. The van der Waals surface area contributed by atoms with Crippen LogP contribution in [0.4, 0.5) is 0 Å². The van der Waals surface area contributed by atoms with Crippen LogP contribution in [0.3, 0.4) is 0 Å². The molecule has 1 fully saturated rings. The monoisotopic (exact) mass is 378 g/mol. The molecule has 1 aliphatic heterocycles. The molecule has 0 aromatic carbocycles. The quantitative estimate of drug-likeness (QED) is 0.392. The number of aliphatic hydroxyl groups is 3. The molecule has 0 spiro atoms. The number of carboxylic acid groups (broad SMARTS) is 1. The highest BCUT2D eigenvalue weighted by molar-refractivity contribution is 5.71. The van der Waals surface area contributed by atoms with E-state index in [0.717, 1.165) is 0 Å². The molecule has 2 unspecified atom stereocenters. The molecule has 0 saturated carbocycles. The number of rotatable bonds is 10. The third-order valence-electron chi connectivity index (χ3n) is 4.30. The van der Waals surface area contributed by atoms with Gasteiger partial charge in [0.25, 0.3) is 0 Å². The molecule has 1 rings (SSSR count). The average molecular weight is 378 g/mol. The minimum absolute atomic E-state index is 0.143. The molecular formula is C17H30O9. The van der Waals surface area contributed by atoms with Gasteiger partial charge in [-0.25, -0.2) is 0 Å². The predicted octanol–water partition coefficient (Wildman–Crippen LogP) is 0.186. The Balaban J connectivity index is 2.60. The van der Waals surface area contributed by atoms with Gasteiger partial charge in [0.05, 0.1) is 25.0 Å². The van der Waals surface area contributed by atoms with E-state index in [1.54, 1.807) is 6.92 Å². The standard InChI is InChI=1S/C17H30O9/c1-4-6-11(7-12(18)19)25-13(20)8-10(5-2)26-17-16(23)15(22)14(21)9(3)24-17/h9-11,14-17,21-23H,4-8H2,1-3H3,(H,18,19)/t9?,10-,11+,14-,15-,16?,17-/m0/s1. The molecule has 1 saturated heterocycles. The van der Waals surface area contributed by atoms with E-state index in [9.17, 15) is 24.9 Å². The average Bonchev–Trinajstić information content (AvgIpc) is 2.56. The van der Waals surface area contributed by atoms with Crippen LogP contribution >= 0.6 is 0 Å². The number of carbonyl (C=O) groups is 2.